The molecule has 0 aliphatic carbocycles. The smallest absolute Gasteiger partial charge is 0.244 e. The molecule has 0 bridgehead atoms. The van der Waals surface area contributed by atoms with Crippen LogP contribution in [0.15, 0.2) is 54.6 Å². The molecule has 2 N–H and O–H groups in total. The van der Waals surface area contributed by atoms with E-state index in [-0.39, 0.29) is 42.1 Å². The lowest BCUT2D eigenvalue weighted by molar-refractivity contribution is -0.125. The SMILES string of the molecule is Cl.N[C@@H]1CN(C2CCCN(c3cccc(F)c3)C2=O)C[C@H]1c1ccccc1. The van der Waals surface area contributed by atoms with Crippen LogP contribution in [0, 0.1) is 5.82 Å². The van der Waals surface area contributed by atoms with E-state index in [2.05, 4.69) is 17.0 Å². The molecule has 27 heavy (non-hydrogen) atoms. The summed E-state index contributed by atoms with van der Waals surface area (Å²) in [4.78, 5) is 17.0. The average molecular weight is 390 g/mol. The summed E-state index contributed by atoms with van der Waals surface area (Å²) >= 11 is 0. The number of nitrogens with zero attached hydrogens (tertiary/aromatic N) is 2. The number of hydrogen-bond acceptors (Lipinski definition) is 3. The second kappa shape index (κ2) is 8.38. The van der Waals surface area contributed by atoms with Crippen LogP contribution in [0.5, 0.6) is 0 Å². The van der Waals surface area contributed by atoms with E-state index in [1.54, 1.807) is 17.0 Å². The van der Waals surface area contributed by atoms with Gasteiger partial charge in [0.1, 0.15) is 5.82 Å². The van der Waals surface area contributed by atoms with Gasteiger partial charge in [-0.1, -0.05) is 36.4 Å². The van der Waals surface area contributed by atoms with Gasteiger partial charge in [0.05, 0.1) is 6.04 Å². The van der Waals surface area contributed by atoms with Crippen molar-refractivity contribution in [2.24, 2.45) is 5.73 Å². The summed E-state index contributed by atoms with van der Waals surface area (Å²) in [6, 6.07) is 16.4. The Morgan fingerprint density at radius 1 is 1.04 bits per heavy atom. The van der Waals surface area contributed by atoms with Crippen LogP contribution in [0.3, 0.4) is 0 Å². The van der Waals surface area contributed by atoms with Gasteiger partial charge in [-0.2, -0.15) is 0 Å². The van der Waals surface area contributed by atoms with Crippen molar-refractivity contribution in [2.45, 2.75) is 30.8 Å². The maximum absolute atomic E-state index is 13.6. The van der Waals surface area contributed by atoms with E-state index in [1.165, 1.54) is 17.7 Å². The molecule has 1 amide bonds. The zero-order valence-electron chi connectivity index (χ0n) is 15.1. The van der Waals surface area contributed by atoms with Gasteiger partial charge in [0.15, 0.2) is 0 Å². The van der Waals surface area contributed by atoms with Crippen LogP contribution in [0.4, 0.5) is 10.1 Å². The molecule has 2 aliphatic rings. The summed E-state index contributed by atoms with van der Waals surface area (Å²) in [6.45, 7) is 2.15. The van der Waals surface area contributed by atoms with Crippen LogP contribution < -0.4 is 10.6 Å². The van der Waals surface area contributed by atoms with Gasteiger partial charge in [0.25, 0.3) is 0 Å². The Hall–Kier alpha value is -1.95. The number of amides is 1. The molecule has 4 nitrogen and oxygen atoms in total. The molecule has 144 valence electrons. The van der Waals surface area contributed by atoms with Crippen LogP contribution in [0.2, 0.25) is 0 Å². The van der Waals surface area contributed by atoms with Crippen molar-refractivity contribution in [1.82, 2.24) is 4.90 Å². The standard InChI is InChI=1S/C21H24FN3O.ClH/c22-16-8-4-9-17(12-16)25-11-5-10-20(21(25)26)24-13-18(19(23)14-24)15-6-2-1-3-7-15;/h1-4,6-9,12,18-20H,5,10-11,13-14,23H2;1H/t18-,19+,20?;/m0./s1. The second-order valence-corrected chi connectivity index (χ2v) is 7.26. The molecule has 0 aromatic heterocycles. The summed E-state index contributed by atoms with van der Waals surface area (Å²) in [5.74, 6) is -0.0129. The number of hydrogen-bond donors (Lipinski definition) is 1. The highest BCUT2D eigenvalue weighted by atomic mass is 35.5. The highest BCUT2D eigenvalue weighted by Crippen LogP contribution is 2.31. The van der Waals surface area contributed by atoms with E-state index < -0.39 is 0 Å². The quantitative estimate of drug-likeness (QED) is 0.877. The Balaban J connectivity index is 0.00000210. The van der Waals surface area contributed by atoms with Gasteiger partial charge in [-0.25, -0.2) is 4.39 Å². The van der Waals surface area contributed by atoms with Crippen molar-refractivity contribution in [1.29, 1.82) is 0 Å². The Labute approximate surface area is 165 Å². The van der Waals surface area contributed by atoms with Crippen molar-refractivity contribution in [3.8, 4) is 0 Å². The first kappa shape index (κ1) is 19.8. The molecule has 0 spiro atoms. The molecule has 2 aliphatic heterocycles. The van der Waals surface area contributed by atoms with Gasteiger partial charge in [-0.15, -0.1) is 12.4 Å². The monoisotopic (exact) mass is 389 g/mol. The summed E-state index contributed by atoms with van der Waals surface area (Å²) in [5, 5.41) is 0. The zero-order valence-corrected chi connectivity index (χ0v) is 15.9. The molecule has 3 atom stereocenters. The lowest BCUT2D eigenvalue weighted by Gasteiger charge is -2.37. The molecule has 2 heterocycles. The van der Waals surface area contributed by atoms with Gasteiger partial charge < -0.3 is 10.6 Å². The minimum absolute atomic E-state index is 0. The third kappa shape index (κ3) is 4.00. The normalized spacial score (nSPS) is 26.1. The highest BCUT2D eigenvalue weighted by Gasteiger charge is 2.40. The first-order valence-electron chi connectivity index (χ1n) is 9.25. The van der Waals surface area contributed by atoms with Crippen molar-refractivity contribution in [2.75, 3.05) is 24.5 Å². The molecule has 4 rings (SSSR count). The first-order valence-corrected chi connectivity index (χ1v) is 9.25. The average Bonchev–Trinajstić information content (AvgIpc) is 3.04. The fraction of sp³-hybridized carbons (Fsp3) is 0.381. The summed E-state index contributed by atoms with van der Waals surface area (Å²) in [6.07, 6.45) is 1.74. The molecule has 2 saturated heterocycles. The number of carbonyl (C=O) groups excluding carboxylic acids is 1. The van der Waals surface area contributed by atoms with Crippen LogP contribution in [-0.4, -0.2) is 42.5 Å². The topological polar surface area (TPSA) is 49.6 Å². The van der Waals surface area contributed by atoms with Crippen molar-refractivity contribution in [3.05, 3.63) is 66.0 Å². The molecule has 1 unspecified atom stereocenters. The van der Waals surface area contributed by atoms with Crippen molar-refractivity contribution >= 4 is 24.0 Å². The van der Waals surface area contributed by atoms with Gasteiger partial charge in [0, 0.05) is 37.3 Å². The molecule has 2 aromatic carbocycles. The van der Waals surface area contributed by atoms with Gasteiger partial charge >= 0.3 is 0 Å². The van der Waals surface area contributed by atoms with E-state index in [9.17, 15) is 9.18 Å². The number of anilines is 1. The molecule has 0 radical (unpaired) electrons. The van der Waals surface area contributed by atoms with Gasteiger partial charge in [0.2, 0.25) is 5.91 Å². The molecule has 6 heteroatoms. The number of benzene rings is 2. The maximum atomic E-state index is 13.6. The van der Waals surface area contributed by atoms with E-state index in [4.69, 9.17) is 5.73 Å². The summed E-state index contributed by atoms with van der Waals surface area (Å²) in [5.41, 5.74) is 8.27. The number of likely N-dealkylation sites (tertiary alicyclic amines) is 1. The Kier molecular flexibility index (Phi) is 6.15. The summed E-state index contributed by atoms with van der Waals surface area (Å²) < 4.78 is 13.6. The predicted octanol–water partition coefficient (Wildman–Crippen LogP) is 3.17. The van der Waals surface area contributed by atoms with E-state index in [0.717, 1.165) is 19.4 Å². The fourth-order valence-electron chi connectivity index (χ4n) is 4.26. The van der Waals surface area contributed by atoms with E-state index in [0.29, 0.717) is 18.8 Å². The molecular weight excluding hydrogens is 365 g/mol. The lowest BCUT2D eigenvalue weighted by atomic mass is 9.95. The molecule has 2 aromatic rings. The first-order chi connectivity index (χ1) is 12.6. The Morgan fingerprint density at radius 3 is 2.56 bits per heavy atom. The number of nitrogens with two attached hydrogens (primary N) is 1. The molecule has 2 fully saturated rings. The molecule has 0 saturated carbocycles. The van der Waals surface area contributed by atoms with E-state index in [1.807, 2.05) is 18.2 Å². The number of piperidine rings is 1. The zero-order chi connectivity index (χ0) is 18.1. The summed E-state index contributed by atoms with van der Waals surface area (Å²) in [7, 11) is 0. The van der Waals surface area contributed by atoms with Crippen molar-refractivity contribution < 1.29 is 9.18 Å². The minimum Gasteiger partial charge on any atom is -0.326 e. The largest absolute Gasteiger partial charge is 0.326 e. The highest BCUT2D eigenvalue weighted by molar-refractivity contribution is 5.98. The van der Waals surface area contributed by atoms with Crippen LogP contribution >= 0.6 is 12.4 Å². The van der Waals surface area contributed by atoms with Crippen LogP contribution in [-0.2, 0) is 4.79 Å². The van der Waals surface area contributed by atoms with Gasteiger partial charge in [-0.3, -0.25) is 9.69 Å². The third-order valence-corrected chi connectivity index (χ3v) is 5.59. The number of rotatable bonds is 3. The Bertz CT molecular complexity index is 788. The fourth-order valence-corrected chi connectivity index (χ4v) is 4.26. The third-order valence-electron chi connectivity index (χ3n) is 5.59. The predicted molar refractivity (Wildman–Crippen MR) is 108 cm³/mol. The van der Waals surface area contributed by atoms with Gasteiger partial charge in [-0.05, 0) is 36.6 Å². The van der Waals surface area contributed by atoms with Crippen LogP contribution in [0.25, 0.3) is 0 Å². The minimum atomic E-state index is -0.315. The number of carbonyl (C=O) groups is 1. The van der Waals surface area contributed by atoms with Crippen molar-refractivity contribution in [3.63, 3.8) is 0 Å². The van der Waals surface area contributed by atoms with Crippen LogP contribution in [0.1, 0.15) is 24.3 Å². The van der Waals surface area contributed by atoms with E-state index >= 15 is 0 Å². The lowest BCUT2D eigenvalue weighted by Crippen LogP contribution is -2.52. The maximum Gasteiger partial charge on any atom is 0.244 e. The second-order valence-electron chi connectivity index (χ2n) is 7.26. The molecular formula is C21H25ClFN3O. The Morgan fingerprint density at radius 2 is 1.81 bits per heavy atom. The number of halogens is 2.